The van der Waals surface area contributed by atoms with Gasteiger partial charge in [-0.25, -0.2) is 9.97 Å². The maximum absolute atomic E-state index is 12.6. The van der Waals surface area contributed by atoms with E-state index < -0.39 is 0 Å². The first-order chi connectivity index (χ1) is 13.7. The average molecular weight is 375 g/mol. The van der Waals surface area contributed by atoms with Crippen LogP contribution in [0.1, 0.15) is 41.7 Å². The number of rotatable bonds is 6. The molecule has 0 saturated heterocycles. The van der Waals surface area contributed by atoms with E-state index >= 15 is 0 Å². The third kappa shape index (κ3) is 4.22. The van der Waals surface area contributed by atoms with Gasteiger partial charge in [0.15, 0.2) is 0 Å². The van der Waals surface area contributed by atoms with E-state index in [0.717, 1.165) is 24.0 Å². The lowest BCUT2D eigenvalue weighted by atomic mass is 10.2. The van der Waals surface area contributed by atoms with Gasteiger partial charge in [-0.2, -0.15) is 0 Å². The van der Waals surface area contributed by atoms with Gasteiger partial charge in [0.05, 0.1) is 0 Å². The van der Waals surface area contributed by atoms with E-state index in [9.17, 15) is 4.79 Å². The van der Waals surface area contributed by atoms with Crippen LogP contribution in [0.3, 0.4) is 0 Å². The summed E-state index contributed by atoms with van der Waals surface area (Å²) < 4.78 is 1.86. The zero-order chi connectivity index (χ0) is 19.3. The molecule has 2 aromatic heterocycles. The average Bonchev–Trinajstić information content (AvgIpc) is 3.37. The van der Waals surface area contributed by atoms with Gasteiger partial charge in [0.1, 0.15) is 5.69 Å². The predicted molar refractivity (Wildman–Crippen MR) is 110 cm³/mol. The summed E-state index contributed by atoms with van der Waals surface area (Å²) >= 11 is 0. The molecule has 1 aromatic carbocycles. The molecule has 6 nitrogen and oxygen atoms in total. The number of nitrogens with one attached hydrogen (secondary N) is 2. The van der Waals surface area contributed by atoms with Crippen LogP contribution >= 0.6 is 0 Å². The summed E-state index contributed by atoms with van der Waals surface area (Å²) in [5.41, 5.74) is 3.67. The Morgan fingerprint density at radius 1 is 1.11 bits per heavy atom. The van der Waals surface area contributed by atoms with Gasteiger partial charge in [0.2, 0.25) is 5.95 Å². The van der Waals surface area contributed by atoms with Crippen LogP contribution in [0.25, 0.3) is 11.1 Å². The number of hydrogen-bond acceptors (Lipinski definition) is 4. The van der Waals surface area contributed by atoms with Crippen molar-refractivity contribution in [1.82, 2.24) is 19.9 Å². The Bertz CT molecular complexity index is 927. The van der Waals surface area contributed by atoms with Crippen LogP contribution in [0.2, 0.25) is 0 Å². The number of aromatic nitrogens is 3. The molecule has 2 heterocycles. The van der Waals surface area contributed by atoms with Crippen LogP contribution in [0.4, 0.5) is 5.95 Å². The zero-order valence-electron chi connectivity index (χ0n) is 16.1. The highest BCUT2D eigenvalue weighted by Crippen LogP contribution is 2.22. The molecule has 4 rings (SSSR count). The van der Waals surface area contributed by atoms with Crippen LogP contribution in [0, 0.1) is 0 Å². The molecule has 0 bridgehead atoms. The molecular formula is C22H25N5O. The van der Waals surface area contributed by atoms with Crippen LogP contribution in [-0.2, 0) is 13.6 Å². The maximum atomic E-state index is 12.6. The molecular weight excluding hydrogens is 350 g/mol. The van der Waals surface area contributed by atoms with Gasteiger partial charge in [-0.1, -0.05) is 43.2 Å². The Kier molecular flexibility index (Phi) is 5.37. The van der Waals surface area contributed by atoms with Crippen molar-refractivity contribution in [3.8, 4) is 11.1 Å². The third-order valence-corrected chi connectivity index (χ3v) is 5.21. The SMILES string of the molecule is Cn1cc(-c2cnc(NCc3ccccc3)nc2)cc1C(=O)NC1CCCC1. The molecule has 1 amide bonds. The Morgan fingerprint density at radius 2 is 1.82 bits per heavy atom. The normalized spacial score (nSPS) is 14.2. The summed E-state index contributed by atoms with van der Waals surface area (Å²) in [6.07, 6.45) is 10.1. The highest BCUT2D eigenvalue weighted by atomic mass is 16.2. The van der Waals surface area contributed by atoms with Crippen molar-refractivity contribution in [2.24, 2.45) is 7.05 Å². The van der Waals surface area contributed by atoms with Gasteiger partial charge in [-0.15, -0.1) is 0 Å². The van der Waals surface area contributed by atoms with Gasteiger partial charge in [-0.3, -0.25) is 4.79 Å². The van der Waals surface area contributed by atoms with E-state index in [1.807, 2.05) is 42.1 Å². The molecule has 0 radical (unpaired) electrons. The first kappa shape index (κ1) is 18.2. The zero-order valence-corrected chi connectivity index (χ0v) is 16.1. The fourth-order valence-electron chi connectivity index (χ4n) is 3.62. The highest BCUT2D eigenvalue weighted by molar-refractivity contribution is 5.94. The Morgan fingerprint density at radius 3 is 2.54 bits per heavy atom. The van der Waals surface area contributed by atoms with Crippen molar-refractivity contribution in [2.75, 3.05) is 5.32 Å². The monoisotopic (exact) mass is 375 g/mol. The van der Waals surface area contributed by atoms with E-state index in [1.54, 1.807) is 12.4 Å². The lowest BCUT2D eigenvalue weighted by Crippen LogP contribution is -2.33. The number of nitrogens with zero attached hydrogens (tertiary/aromatic N) is 3. The van der Waals surface area contributed by atoms with Crippen LogP contribution in [-0.4, -0.2) is 26.5 Å². The van der Waals surface area contributed by atoms with Crippen molar-refractivity contribution in [3.05, 3.63) is 66.2 Å². The topological polar surface area (TPSA) is 71.8 Å². The first-order valence-electron chi connectivity index (χ1n) is 9.76. The standard InChI is InChI=1S/C22H25N5O/c1-27-15-17(11-20(27)21(28)26-19-9-5-6-10-19)18-13-24-22(25-14-18)23-12-16-7-3-2-4-8-16/h2-4,7-8,11,13-15,19H,5-6,9-10,12H2,1H3,(H,26,28)(H,23,24,25). The molecule has 0 atom stereocenters. The number of benzene rings is 1. The van der Waals surface area contributed by atoms with E-state index in [0.29, 0.717) is 24.2 Å². The highest BCUT2D eigenvalue weighted by Gasteiger charge is 2.20. The van der Waals surface area contributed by atoms with Gasteiger partial charge in [-0.05, 0) is 24.5 Å². The second kappa shape index (κ2) is 8.25. The van der Waals surface area contributed by atoms with Crippen molar-refractivity contribution >= 4 is 11.9 Å². The van der Waals surface area contributed by atoms with Crippen LogP contribution in [0.15, 0.2) is 55.0 Å². The van der Waals surface area contributed by atoms with Gasteiger partial charge < -0.3 is 15.2 Å². The molecule has 144 valence electrons. The number of hydrogen-bond donors (Lipinski definition) is 2. The summed E-state index contributed by atoms with van der Waals surface area (Å²) in [6.45, 7) is 0.678. The quantitative estimate of drug-likeness (QED) is 0.688. The minimum atomic E-state index is -0.0114. The first-order valence-corrected chi connectivity index (χ1v) is 9.76. The molecule has 1 saturated carbocycles. The molecule has 0 unspecified atom stereocenters. The van der Waals surface area contributed by atoms with Crippen molar-refractivity contribution < 1.29 is 4.79 Å². The fraction of sp³-hybridized carbons (Fsp3) is 0.318. The van der Waals surface area contributed by atoms with Gasteiger partial charge in [0, 0.05) is 49.4 Å². The molecule has 1 aliphatic rings. The summed E-state index contributed by atoms with van der Waals surface area (Å²) in [7, 11) is 1.89. The number of carbonyl (C=O) groups excluding carboxylic acids is 1. The Balaban J connectivity index is 1.42. The predicted octanol–water partition coefficient (Wildman–Crippen LogP) is 3.77. The van der Waals surface area contributed by atoms with Gasteiger partial charge in [0.25, 0.3) is 5.91 Å². The van der Waals surface area contributed by atoms with Crippen LogP contribution in [0.5, 0.6) is 0 Å². The molecule has 2 N–H and O–H groups in total. The third-order valence-electron chi connectivity index (χ3n) is 5.21. The van der Waals surface area contributed by atoms with Crippen molar-refractivity contribution in [2.45, 2.75) is 38.3 Å². The van der Waals surface area contributed by atoms with Crippen molar-refractivity contribution in [3.63, 3.8) is 0 Å². The van der Waals surface area contributed by atoms with Crippen LogP contribution < -0.4 is 10.6 Å². The second-order valence-electron chi connectivity index (χ2n) is 7.31. The Hall–Kier alpha value is -3.15. The minimum Gasteiger partial charge on any atom is -0.350 e. The van der Waals surface area contributed by atoms with E-state index in [-0.39, 0.29) is 5.91 Å². The number of amides is 1. The summed E-state index contributed by atoms with van der Waals surface area (Å²) in [5.74, 6) is 0.574. The minimum absolute atomic E-state index is 0.0114. The summed E-state index contributed by atoms with van der Waals surface area (Å²) in [5, 5.41) is 6.36. The lowest BCUT2D eigenvalue weighted by Gasteiger charge is -2.11. The largest absolute Gasteiger partial charge is 0.350 e. The lowest BCUT2D eigenvalue weighted by molar-refractivity contribution is 0.0929. The maximum Gasteiger partial charge on any atom is 0.268 e. The number of carbonyl (C=O) groups is 1. The molecule has 1 fully saturated rings. The molecule has 3 aromatic rings. The molecule has 0 aliphatic heterocycles. The fourth-order valence-corrected chi connectivity index (χ4v) is 3.62. The van der Waals surface area contributed by atoms with Crippen molar-refractivity contribution in [1.29, 1.82) is 0 Å². The van der Waals surface area contributed by atoms with E-state index in [4.69, 9.17) is 0 Å². The molecule has 28 heavy (non-hydrogen) atoms. The molecule has 6 heteroatoms. The Labute approximate surface area is 165 Å². The van der Waals surface area contributed by atoms with Gasteiger partial charge >= 0.3 is 0 Å². The smallest absolute Gasteiger partial charge is 0.268 e. The molecule has 1 aliphatic carbocycles. The van der Waals surface area contributed by atoms with E-state index in [2.05, 4.69) is 32.7 Å². The van der Waals surface area contributed by atoms with E-state index in [1.165, 1.54) is 18.4 Å². The second-order valence-corrected chi connectivity index (χ2v) is 7.31. The summed E-state index contributed by atoms with van der Waals surface area (Å²) in [6, 6.07) is 12.3. The number of anilines is 1. The number of aryl methyl sites for hydroxylation is 1. The molecule has 0 spiro atoms. The summed E-state index contributed by atoms with van der Waals surface area (Å²) in [4.78, 5) is 21.4.